The summed E-state index contributed by atoms with van der Waals surface area (Å²) in [5.41, 5.74) is 0.792. The molecule has 98 valence electrons. The van der Waals surface area contributed by atoms with Gasteiger partial charge in [0.25, 0.3) is 0 Å². The lowest BCUT2D eigenvalue weighted by Gasteiger charge is -2.05. The van der Waals surface area contributed by atoms with E-state index in [1.807, 2.05) is 25.1 Å². The Kier molecular flexibility index (Phi) is 3.83. The van der Waals surface area contributed by atoms with Gasteiger partial charge in [0.05, 0.1) is 17.9 Å². The Hall–Kier alpha value is -1.60. The van der Waals surface area contributed by atoms with Crippen LogP contribution in [-0.2, 0) is 14.8 Å². The molecule has 0 saturated heterocycles. The zero-order chi connectivity index (χ0) is 13.0. The van der Waals surface area contributed by atoms with Gasteiger partial charge >= 0.3 is 0 Å². The highest BCUT2D eigenvalue weighted by atomic mass is 32.2. The Morgan fingerprint density at radius 1 is 1.39 bits per heavy atom. The minimum atomic E-state index is -3.43. The second kappa shape index (κ2) is 5.36. The lowest BCUT2D eigenvalue weighted by molar-refractivity contribution is 0.163. The highest BCUT2D eigenvalue weighted by Crippen LogP contribution is 2.20. The van der Waals surface area contributed by atoms with E-state index in [1.54, 1.807) is 6.07 Å². The quantitative estimate of drug-likeness (QED) is 0.775. The Labute approximate surface area is 105 Å². The van der Waals surface area contributed by atoms with Gasteiger partial charge in [0.15, 0.2) is 5.82 Å². The van der Waals surface area contributed by atoms with Gasteiger partial charge in [0, 0.05) is 12.0 Å². The molecule has 2 N–H and O–H groups in total. The summed E-state index contributed by atoms with van der Waals surface area (Å²) >= 11 is 0. The number of aromatic nitrogens is 2. The molecular weight excluding hydrogens is 254 g/mol. The van der Waals surface area contributed by atoms with Gasteiger partial charge in [-0.1, -0.05) is 12.1 Å². The van der Waals surface area contributed by atoms with Crippen molar-refractivity contribution in [1.82, 2.24) is 10.2 Å². The topological polar surface area (TPSA) is 84.1 Å². The fourth-order valence-corrected chi connectivity index (χ4v) is 2.44. The standard InChI is InChI=1S/C11H15N3O3S/c1-2-17-7-8-18(15,16)14-11-9-5-3-4-6-10(9)12-13-11/h3-6H,2,7-8H2,1H3,(H2,12,13,14). The van der Waals surface area contributed by atoms with E-state index >= 15 is 0 Å². The van der Waals surface area contributed by atoms with Crippen molar-refractivity contribution in [1.29, 1.82) is 0 Å². The Morgan fingerprint density at radius 3 is 2.94 bits per heavy atom. The van der Waals surface area contributed by atoms with Gasteiger partial charge in [-0.05, 0) is 19.1 Å². The van der Waals surface area contributed by atoms with Gasteiger partial charge in [-0.2, -0.15) is 5.10 Å². The van der Waals surface area contributed by atoms with Crippen LogP contribution in [0, 0.1) is 0 Å². The third-order valence-electron chi connectivity index (χ3n) is 2.42. The Balaban J connectivity index is 2.13. The Bertz CT molecular complexity index is 621. The number of nitrogens with one attached hydrogen (secondary N) is 2. The molecule has 0 aliphatic carbocycles. The minimum Gasteiger partial charge on any atom is -0.381 e. The fourth-order valence-electron chi connectivity index (χ4n) is 1.55. The van der Waals surface area contributed by atoms with E-state index in [0.717, 1.165) is 10.9 Å². The van der Waals surface area contributed by atoms with Gasteiger partial charge < -0.3 is 4.74 Å². The maximum Gasteiger partial charge on any atom is 0.236 e. The van der Waals surface area contributed by atoms with Crippen LogP contribution in [0.15, 0.2) is 24.3 Å². The summed E-state index contributed by atoms with van der Waals surface area (Å²) in [5, 5.41) is 7.47. The molecular formula is C11H15N3O3S. The fraction of sp³-hybridized carbons (Fsp3) is 0.364. The van der Waals surface area contributed by atoms with Crippen molar-refractivity contribution in [3.05, 3.63) is 24.3 Å². The second-order valence-electron chi connectivity index (χ2n) is 3.74. The molecule has 18 heavy (non-hydrogen) atoms. The van der Waals surface area contributed by atoms with Gasteiger partial charge in [-0.15, -0.1) is 0 Å². The molecule has 0 radical (unpaired) electrons. The predicted octanol–water partition coefficient (Wildman–Crippen LogP) is 1.34. The molecule has 1 aromatic heterocycles. The monoisotopic (exact) mass is 269 g/mol. The highest BCUT2D eigenvalue weighted by Gasteiger charge is 2.14. The van der Waals surface area contributed by atoms with Crippen LogP contribution < -0.4 is 4.72 Å². The summed E-state index contributed by atoms with van der Waals surface area (Å²) in [6, 6.07) is 7.32. The summed E-state index contributed by atoms with van der Waals surface area (Å²) in [6.07, 6.45) is 0. The molecule has 0 amide bonds. The van der Waals surface area contributed by atoms with Gasteiger partial charge in [0.1, 0.15) is 0 Å². The maximum absolute atomic E-state index is 11.8. The number of anilines is 1. The number of para-hydroxylation sites is 1. The molecule has 7 heteroatoms. The normalized spacial score (nSPS) is 11.8. The molecule has 0 spiro atoms. The van der Waals surface area contributed by atoms with Crippen LogP contribution in [0.5, 0.6) is 0 Å². The number of hydrogen-bond acceptors (Lipinski definition) is 4. The zero-order valence-corrected chi connectivity index (χ0v) is 10.8. The lowest BCUT2D eigenvalue weighted by Crippen LogP contribution is -2.20. The SMILES string of the molecule is CCOCCS(=O)(=O)Nc1n[nH]c2ccccc12. The second-order valence-corrected chi connectivity index (χ2v) is 5.58. The summed E-state index contributed by atoms with van der Waals surface area (Å²) in [6.45, 7) is 2.50. The largest absolute Gasteiger partial charge is 0.381 e. The number of rotatable bonds is 6. The van der Waals surface area contributed by atoms with Crippen molar-refractivity contribution in [2.24, 2.45) is 0 Å². The molecule has 6 nitrogen and oxygen atoms in total. The molecule has 0 unspecified atom stereocenters. The van der Waals surface area contributed by atoms with Crippen molar-refractivity contribution in [2.75, 3.05) is 23.7 Å². The predicted molar refractivity (Wildman–Crippen MR) is 70.0 cm³/mol. The van der Waals surface area contributed by atoms with Crippen LogP contribution in [-0.4, -0.2) is 37.6 Å². The van der Waals surface area contributed by atoms with Crippen molar-refractivity contribution >= 4 is 26.7 Å². The first kappa shape index (κ1) is 12.8. The van der Waals surface area contributed by atoms with E-state index in [1.165, 1.54) is 0 Å². The van der Waals surface area contributed by atoms with E-state index in [-0.39, 0.29) is 12.4 Å². The molecule has 2 rings (SSSR count). The third-order valence-corrected chi connectivity index (χ3v) is 3.63. The van der Waals surface area contributed by atoms with Crippen LogP contribution in [0.3, 0.4) is 0 Å². The van der Waals surface area contributed by atoms with Crippen LogP contribution in [0.2, 0.25) is 0 Å². The molecule has 0 aliphatic rings. The summed E-state index contributed by atoms with van der Waals surface area (Å²) < 4.78 is 31.0. The first-order valence-corrected chi connectivity index (χ1v) is 7.29. The average Bonchev–Trinajstić information content (AvgIpc) is 2.72. The number of ether oxygens (including phenoxy) is 1. The van der Waals surface area contributed by atoms with Gasteiger partial charge in [-0.25, -0.2) is 8.42 Å². The molecule has 0 atom stereocenters. The lowest BCUT2D eigenvalue weighted by atomic mass is 10.2. The number of aromatic amines is 1. The molecule has 1 aromatic carbocycles. The summed E-state index contributed by atoms with van der Waals surface area (Å²) in [5.74, 6) is 0.240. The van der Waals surface area contributed by atoms with E-state index < -0.39 is 10.0 Å². The molecule has 0 aliphatic heterocycles. The maximum atomic E-state index is 11.8. The number of nitrogens with zero attached hydrogens (tertiary/aromatic N) is 1. The van der Waals surface area contributed by atoms with E-state index in [4.69, 9.17) is 4.74 Å². The number of H-pyrrole nitrogens is 1. The first-order chi connectivity index (χ1) is 8.62. The molecule has 0 bridgehead atoms. The van der Waals surface area contributed by atoms with Crippen LogP contribution >= 0.6 is 0 Å². The summed E-state index contributed by atoms with van der Waals surface area (Å²) in [4.78, 5) is 0. The highest BCUT2D eigenvalue weighted by molar-refractivity contribution is 7.92. The zero-order valence-electron chi connectivity index (χ0n) is 10.0. The van der Waals surface area contributed by atoms with Crippen LogP contribution in [0.1, 0.15) is 6.92 Å². The van der Waals surface area contributed by atoms with Crippen molar-refractivity contribution < 1.29 is 13.2 Å². The number of sulfonamides is 1. The van der Waals surface area contributed by atoms with Crippen molar-refractivity contribution in [3.63, 3.8) is 0 Å². The molecule has 0 saturated carbocycles. The van der Waals surface area contributed by atoms with E-state index in [9.17, 15) is 8.42 Å². The molecule has 2 aromatic rings. The van der Waals surface area contributed by atoms with E-state index in [2.05, 4.69) is 14.9 Å². The molecule has 1 heterocycles. The van der Waals surface area contributed by atoms with Gasteiger partial charge in [-0.3, -0.25) is 9.82 Å². The number of hydrogen-bond donors (Lipinski definition) is 2. The van der Waals surface area contributed by atoms with Gasteiger partial charge in [0.2, 0.25) is 10.0 Å². The van der Waals surface area contributed by atoms with Crippen LogP contribution in [0.25, 0.3) is 10.9 Å². The third kappa shape index (κ3) is 2.99. The van der Waals surface area contributed by atoms with E-state index in [0.29, 0.717) is 12.4 Å². The first-order valence-electron chi connectivity index (χ1n) is 5.64. The number of fused-ring (bicyclic) bond motifs is 1. The van der Waals surface area contributed by atoms with Crippen molar-refractivity contribution in [3.8, 4) is 0 Å². The minimum absolute atomic E-state index is 0.0813. The average molecular weight is 269 g/mol. The molecule has 0 fully saturated rings. The van der Waals surface area contributed by atoms with Crippen molar-refractivity contribution in [2.45, 2.75) is 6.92 Å². The number of benzene rings is 1. The summed E-state index contributed by atoms with van der Waals surface area (Å²) in [7, 11) is -3.43. The Morgan fingerprint density at radius 2 is 2.17 bits per heavy atom. The van der Waals surface area contributed by atoms with Crippen LogP contribution in [0.4, 0.5) is 5.82 Å². The smallest absolute Gasteiger partial charge is 0.236 e.